The zero-order valence-corrected chi connectivity index (χ0v) is 20.6. The Labute approximate surface area is 215 Å². The molecule has 3 atom stereocenters. The molecule has 12 heteroatoms. The minimum absolute atomic E-state index is 0.0580. The largest absolute Gasteiger partial charge is 0.463 e. The van der Waals surface area contributed by atoms with Gasteiger partial charge in [0.1, 0.15) is 11.5 Å². The van der Waals surface area contributed by atoms with Crippen LogP contribution in [0, 0.1) is 0 Å². The van der Waals surface area contributed by atoms with E-state index in [2.05, 4.69) is 6.58 Å². The first-order valence-electron chi connectivity index (χ1n) is 9.51. The quantitative estimate of drug-likeness (QED) is 0.164. The molecule has 0 fully saturated rings. The number of hydrogen-bond donors (Lipinski definition) is 0. The maximum Gasteiger partial charge on any atom is 0.368 e. The lowest BCUT2D eigenvalue weighted by Gasteiger charge is -2.21. The third-order valence-corrected chi connectivity index (χ3v) is 4.77. The zero-order chi connectivity index (χ0) is 25.3. The van der Waals surface area contributed by atoms with Gasteiger partial charge in [-0.1, -0.05) is 53.0 Å². The molecule has 2 rings (SSSR count). The van der Waals surface area contributed by atoms with Gasteiger partial charge in [-0.3, -0.25) is 0 Å². The van der Waals surface area contributed by atoms with Gasteiger partial charge in [-0.15, -0.1) is 0 Å². The predicted octanol–water partition coefficient (Wildman–Crippen LogP) is 5.11. The minimum Gasteiger partial charge on any atom is -0.463 e. The van der Waals surface area contributed by atoms with Crippen molar-refractivity contribution >= 4 is 64.3 Å². The summed E-state index contributed by atoms with van der Waals surface area (Å²) in [5.74, 6) is -3.52. The SMILES string of the molecule is C=C(OC(=O)C(Cl)Oc1ccc(Cl)cc1)C(OC(=O)C(Cl)Oc1ccc(Cl)cc1)C(=O)OCC. The Hall–Kier alpha value is -2.65. The van der Waals surface area contributed by atoms with Crippen LogP contribution in [0.2, 0.25) is 10.0 Å². The van der Waals surface area contributed by atoms with Crippen LogP contribution in [-0.4, -0.2) is 41.7 Å². The molecule has 0 aliphatic carbocycles. The second-order valence-corrected chi connectivity index (χ2v) is 7.90. The highest BCUT2D eigenvalue weighted by molar-refractivity contribution is 6.31. The fourth-order valence-electron chi connectivity index (χ4n) is 2.22. The van der Waals surface area contributed by atoms with E-state index in [1.54, 1.807) is 0 Å². The summed E-state index contributed by atoms with van der Waals surface area (Å²) >= 11 is 23.4. The molecular formula is C22H18Cl4O8. The van der Waals surface area contributed by atoms with Gasteiger partial charge in [0.05, 0.1) is 6.61 Å². The Morgan fingerprint density at radius 2 is 1.24 bits per heavy atom. The maximum absolute atomic E-state index is 12.4. The van der Waals surface area contributed by atoms with E-state index in [1.807, 2.05) is 0 Å². The summed E-state index contributed by atoms with van der Waals surface area (Å²) in [6, 6.07) is 12.0. The molecule has 0 N–H and O–H groups in total. The molecule has 2 aromatic carbocycles. The van der Waals surface area contributed by atoms with Crippen LogP contribution >= 0.6 is 46.4 Å². The molecule has 0 heterocycles. The lowest BCUT2D eigenvalue weighted by Crippen LogP contribution is -2.37. The molecule has 182 valence electrons. The van der Waals surface area contributed by atoms with Crippen LogP contribution in [0.15, 0.2) is 60.9 Å². The minimum atomic E-state index is -1.84. The monoisotopic (exact) mass is 550 g/mol. The van der Waals surface area contributed by atoms with E-state index in [0.29, 0.717) is 10.0 Å². The Kier molecular flexibility index (Phi) is 10.8. The number of rotatable bonds is 11. The number of carbonyl (C=O) groups excluding carboxylic acids is 3. The molecule has 0 aromatic heterocycles. The first kappa shape index (κ1) is 27.6. The highest BCUT2D eigenvalue weighted by Crippen LogP contribution is 2.21. The highest BCUT2D eigenvalue weighted by Gasteiger charge is 2.34. The van der Waals surface area contributed by atoms with E-state index in [9.17, 15) is 14.4 Å². The molecule has 0 saturated heterocycles. The predicted molar refractivity (Wildman–Crippen MR) is 125 cm³/mol. The standard InChI is InChI=1S/C22H18Cl4O8/c1-3-30-20(27)17(34-22(29)19(26)33-16-10-6-14(24)7-11-16)12(2)31-21(28)18(25)32-15-8-4-13(23)5-9-15/h4-11,17-19H,2-3H2,1H3. The van der Waals surface area contributed by atoms with Crippen LogP contribution in [0.4, 0.5) is 0 Å². The van der Waals surface area contributed by atoms with Gasteiger partial charge < -0.3 is 23.7 Å². The summed E-state index contributed by atoms with van der Waals surface area (Å²) in [4.78, 5) is 36.9. The van der Waals surface area contributed by atoms with Gasteiger partial charge in [0, 0.05) is 10.0 Å². The fourth-order valence-corrected chi connectivity index (χ4v) is 2.78. The van der Waals surface area contributed by atoms with E-state index in [4.69, 9.17) is 70.1 Å². The zero-order valence-electron chi connectivity index (χ0n) is 17.5. The van der Waals surface area contributed by atoms with Crippen molar-refractivity contribution in [1.29, 1.82) is 0 Å². The number of carbonyl (C=O) groups is 3. The molecule has 3 unspecified atom stereocenters. The molecule has 0 saturated carbocycles. The molecule has 0 spiro atoms. The number of ether oxygens (including phenoxy) is 5. The van der Waals surface area contributed by atoms with Gasteiger partial charge >= 0.3 is 17.9 Å². The number of esters is 3. The average Bonchev–Trinajstić information content (AvgIpc) is 2.80. The van der Waals surface area contributed by atoms with Crippen LogP contribution in [0.3, 0.4) is 0 Å². The normalized spacial score (nSPS) is 13.1. The van der Waals surface area contributed by atoms with Crippen molar-refractivity contribution in [2.75, 3.05) is 6.61 Å². The van der Waals surface area contributed by atoms with Crippen LogP contribution in [0.1, 0.15) is 6.92 Å². The van der Waals surface area contributed by atoms with E-state index >= 15 is 0 Å². The Morgan fingerprint density at radius 1 is 0.794 bits per heavy atom. The van der Waals surface area contributed by atoms with Gasteiger partial charge in [0.25, 0.3) is 17.2 Å². The molecular weight excluding hydrogens is 534 g/mol. The van der Waals surface area contributed by atoms with Crippen LogP contribution in [0.5, 0.6) is 11.5 Å². The Morgan fingerprint density at radius 3 is 1.68 bits per heavy atom. The molecule has 2 aromatic rings. The van der Waals surface area contributed by atoms with Gasteiger partial charge in [-0.25, -0.2) is 14.4 Å². The van der Waals surface area contributed by atoms with Crippen molar-refractivity contribution < 1.29 is 38.1 Å². The molecule has 0 aliphatic rings. The smallest absolute Gasteiger partial charge is 0.368 e. The summed E-state index contributed by atoms with van der Waals surface area (Å²) in [6.45, 7) is 4.92. The number of hydrogen-bond acceptors (Lipinski definition) is 8. The number of benzene rings is 2. The number of alkyl halides is 2. The van der Waals surface area contributed by atoms with E-state index < -0.39 is 40.9 Å². The second-order valence-electron chi connectivity index (χ2n) is 6.23. The number of halogens is 4. The molecule has 0 bridgehead atoms. The van der Waals surface area contributed by atoms with Gasteiger partial charge in [-0.05, 0) is 55.5 Å². The molecule has 0 radical (unpaired) electrons. The Bertz CT molecular complexity index is 1010. The summed E-state index contributed by atoms with van der Waals surface area (Å²) in [7, 11) is 0. The first-order chi connectivity index (χ1) is 16.1. The lowest BCUT2D eigenvalue weighted by molar-refractivity contribution is -0.171. The topological polar surface area (TPSA) is 97.4 Å². The van der Waals surface area contributed by atoms with Crippen LogP contribution < -0.4 is 9.47 Å². The van der Waals surface area contributed by atoms with Crippen LogP contribution in [-0.2, 0) is 28.6 Å². The summed E-state index contributed by atoms with van der Waals surface area (Å²) < 4.78 is 25.3. The molecule has 0 amide bonds. The summed E-state index contributed by atoms with van der Waals surface area (Å²) in [5, 5.41) is 0.894. The molecule has 34 heavy (non-hydrogen) atoms. The van der Waals surface area contributed by atoms with Gasteiger partial charge in [0.15, 0.2) is 5.76 Å². The lowest BCUT2D eigenvalue weighted by atomic mass is 10.3. The Balaban J connectivity index is 2.02. The van der Waals surface area contributed by atoms with E-state index in [-0.39, 0.29) is 18.1 Å². The third kappa shape index (κ3) is 8.61. The second kappa shape index (κ2) is 13.3. The highest BCUT2D eigenvalue weighted by atomic mass is 35.5. The third-order valence-electron chi connectivity index (χ3n) is 3.74. The van der Waals surface area contributed by atoms with Crippen molar-refractivity contribution in [2.24, 2.45) is 0 Å². The maximum atomic E-state index is 12.4. The van der Waals surface area contributed by atoms with Crippen molar-refractivity contribution in [3.8, 4) is 11.5 Å². The van der Waals surface area contributed by atoms with Crippen molar-refractivity contribution in [3.63, 3.8) is 0 Å². The van der Waals surface area contributed by atoms with E-state index in [1.165, 1.54) is 55.5 Å². The van der Waals surface area contributed by atoms with Crippen molar-refractivity contribution in [1.82, 2.24) is 0 Å². The summed E-state index contributed by atoms with van der Waals surface area (Å²) in [5.41, 5.74) is -3.28. The van der Waals surface area contributed by atoms with E-state index in [0.717, 1.165) is 0 Å². The van der Waals surface area contributed by atoms with Gasteiger partial charge in [-0.2, -0.15) is 0 Å². The first-order valence-corrected chi connectivity index (χ1v) is 11.1. The molecule has 0 aliphatic heterocycles. The fraction of sp³-hybridized carbons (Fsp3) is 0.227. The summed E-state index contributed by atoms with van der Waals surface area (Å²) in [6.07, 6.45) is -1.84. The van der Waals surface area contributed by atoms with Crippen molar-refractivity contribution in [3.05, 3.63) is 70.9 Å². The average molecular weight is 552 g/mol. The van der Waals surface area contributed by atoms with Crippen LogP contribution in [0.25, 0.3) is 0 Å². The van der Waals surface area contributed by atoms with Gasteiger partial charge in [0.2, 0.25) is 0 Å². The van der Waals surface area contributed by atoms with Crippen molar-refractivity contribution in [2.45, 2.75) is 24.2 Å². The molecule has 8 nitrogen and oxygen atoms in total.